The molecule has 1 heterocycles. The van der Waals surface area contributed by atoms with Gasteiger partial charge in [-0.2, -0.15) is 18.3 Å². The summed E-state index contributed by atoms with van der Waals surface area (Å²) in [5, 5.41) is 6.00. The molecule has 1 aliphatic rings. The molecule has 2 rings (SSSR count). The lowest BCUT2D eigenvalue weighted by Crippen LogP contribution is -2.36. The SMILES string of the molecule is Cn1cc(C(=O)NC2CCCCC2)c(C(F)(F)F)n1. The fourth-order valence-electron chi connectivity index (χ4n) is 2.37. The van der Waals surface area contributed by atoms with E-state index in [1.807, 2.05) is 0 Å². The van der Waals surface area contributed by atoms with E-state index in [9.17, 15) is 18.0 Å². The number of amides is 1. The van der Waals surface area contributed by atoms with Crippen LogP contribution in [-0.2, 0) is 13.2 Å². The summed E-state index contributed by atoms with van der Waals surface area (Å²) in [6.45, 7) is 0. The van der Waals surface area contributed by atoms with Crippen molar-refractivity contribution < 1.29 is 18.0 Å². The minimum Gasteiger partial charge on any atom is -0.349 e. The van der Waals surface area contributed by atoms with Crippen LogP contribution in [0.1, 0.15) is 48.2 Å². The quantitative estimate of drug-likeness (QED) is 0.901. The summed E-state index contributed by atoms with van der Waals surface area (Å²) in [6.07, 6.45) is 1.28. The Morgan fingerprint density at radius 2 is 2.00 bits per heavy atom. The molecule has 0 radical (unpaired) electrons. The molecule has 1 aliphatic carbocycles. The van der Waals surface area contributed by atoms with Gasteiger partial charge in [-0.1, -0.05) is 19.3 Å². The maximum atomic E-state index is 12.7. The molecule has 0 atom stereocenters. The maximum absolute atomic E-state index is 12.7. The highest BCUT2D eigenvalue weighted by Crippen LogP contribution is 2.30. The number of nitrogens with zero attached hydrogens (tertiary/aromatic N) is 2. The van der Waals surface area contributed by atoms with Gasteiger partial charge < -0.3 is 5.32 Å². The van der Waals surface area contributed by atoms with Gasteiger partial charge in [0.1, 0.15) is 0 Å². The van der Waals surface area contributed by atoms with Gasteiger partial charge in [0.2, 0.25) is 0 Å². The third-order valence-electron chi connectivity index (χ3n) is 3.28. The van der Waals surface area contributed by atoms with Crippen molar-refractivity contribution in [2.24, 2.45) is 7.05 Å². The molecule has 1 aromatic rings. The zero-order valence-corrected chi connectivity index (χ0v) is 10.6. The van der Waals surface area contributed by atoms with Gasteiger partial charge in [0, 0.05) is 19.3 Å². The Hall–Kier alpha value is -1.53. The van der Waals surface area contributed by atoms with Crippen LogP contribution in [0.15, 0.2) is 6.20 Å². The molecule has 1 amide bonds. The van der Waals surface area contributed by atoms with Crippen molar-refractivity contribution in [1.82, 2.24) is 15.1 Å². The fourth-order valence-corrected chi connectivity index (χ4v) is 2.37. The molecule has 0 unspecified atom stereocenters. The van der Waals surface area contributed by atoms with Crippen molar-refractivity contribution >= 4 is 5.91 Å². The number of aryl methyl sites for hydroxylation is 1. The lowest BCUT2D eigenvalue weighted by molar-refractivity contribution is -0.141. The van der Waals surface area contributed by atoms with E-state index in [4.69, 9.17) is 0 Å². The highest BCUT2D eigenvalue weighted by molar-refractivity contribution is 5.95. The Morgan fingerprint density at radius 1 is 1.37 bits per heavy atom. The lowest BCUT2D eigenvalue weighted by atomic mass is 9.95. The van der Waals surface area contributed by atoms with Gasteiger partial charge >= 0.3 is 6.18 Å². The van der Waals surface area contributed by atoms with Gasteiger partial charge in [-0.25, -0.2) is 0 Å². The third kappa shape index (κ3) is 3.27. The average Bonchev–Trinajstić information content (AvgIpc) is 2.72. The first kappa shape index (κ1) is 13.9. The third-order valence-corrected chi connectivity index (χ3v) is 3.28. The van der Waals surface area contributed by atoms with E-state index in [0.29, 0.717) is 0 Å². The zero-order chi connectivity index (χ0) is 14.0. The van der Waals surface area contributed by atoms with Crippen molar-refractivity contribution in [3.8, 4) is 0 Å². The summed E-state index contributed by atoms with van der Waals surface area (Å²) in [7, 11) is 1.37. The molecule has 106 valence electrons. The second kappa shape index (κ2) is 5.22. The molecule has 1 aromatic heterocycles. The fraction of sp³-hybridized carbons (Fsp3) is 0.667. The molecule has 0 spiro atoms. The maximum Gasteiger partial charge on any atom is 0.435 e. The molecular weight excluding hydrogens is 259 g/mol. The summed E-state index contributed by atoms with van der Waals surface area (Å²) in [4.78, 5) is 11.9. The lowest BCUT2D eigenvalue weighted by Gasteiger charge is -2.22. The number of nitrogens with one attached hydrogen (secondary N) is 1. The van der Waals surface area contributed by atoms with Crippen LogP contribution in [0.2, 0.25) is 0 Å². The van der Waals surface area contributed by atoms with Crippen molar-refractivity contribution in [1.29, 1.82) is 0 Å². The molecule has 4 nitrogen and oxygen atoms in total. The van der Waals surface area contributed by atoms with E-state index in [1.165, 1.54) is 7.05 Å². The number of carbonyl (C=O) groups is 1. The molecule has 7 heteroatoms. The summed E-state index contributed by atoms with van der Waals surface area (Å²) in [6, 6.07) is -0.0254. The van der Waals surface area contributed by atoms with Crippen LogP contribution in [0.25, 0.3) is 0 Å². The molecule has 0 aromatic carbocycles. The van der Waals surface area contributed by atoms with E-state index >= 15 is 0 Å². The van der Waals surface area contributed by atoms with E-state index < -0.39 is 23.3 Å². The number of carbonyl (C=O) groups excluding carboxylic acids is 1. The summed E-state index contributed by atoms with van der Waals surface area (Å²) < 4.78 is 39.2. The molecular formula is C12H16F3N3O. The Bertz CT molecular complexity index is 461. The van der Waals surface area contributed by atoms with Crippen LogP contribution in [0.4, 0.5) is 13.2 Å². The van der Waals surface area contributed by atoms with Gasteiger partial charge in [-0.05, 0) is 12.8 Å². The van der Waals surface area contributed by atoms with Crippen LogP contribution in [0.5, 0.6) is 0 Å². The number of alkyl halides is 3. The van der Waals surface area contributed by atoms with E-state index in [1.54, 1.807) is 0 Å². The highest BCUT2D eigenvalue weighted by Gasteiger charge is 2.39. The molecule has 0 bridgehead atoms. The first-order valence-corrected chi connectivity index (χ1v) is 6.29. The molecule has 1 saturated carbocycles. The predicted molar refractivity (Wildman–Crippen MR) is 62.5 cm³/mol. The highest BCUT2D eigenvalue weighted by atomic mass is 19.4. The summed E-state index contributed by atoms with van der Waals surface area (Å²) >= 11 is 0. The first-order valence-electron chi connectivity index (χ1n) is 6.29. The van der Waals surface area contributed by atoms with Gasteiger partial charge in [-0.15, -0.1) is 0 Å². The average molecular weight is 275 g/mol. The molecule has 0 aliphatic heterocycles. The predicted octanol–water partition coefficient (Wildman–Crippen LogP) is 2.50. The second-order valence-electron chi connectivity index (χ2n) is 4.87. The minimum atomic E-state index is -4.61. The molecule has 1 N–H and O–H groups in total. The number of hydrogen-bond acceptors (Lipinski definition) is 2. The molecule has 1 fully saturated rings. The Morgan fingerprint density at radius 3 is 2.58 bits per heavy atom. The van der Waals surface area contributed by atoms with Gasteiger partial charge in [-0.3, -0.25) is 9.48 Å². The van der Waals surface area contributed by atoms with E-state index in [-0.39, 0.29) is 6.04 Å². The van der Waals surface area contributed by atoms with Crippen LogP contribution in [0, 0.1) is 0 Å². The van der Waals surface area contributed by atoms with E-state index in [2.05, 4.69) is 10.4 Å². The van der Waals surface area contributed by atoms with Crippen molar-refractivity contribution in [2.75, 3.05) is 0 Å². The van der Waals surface area contributed by atoms with Crippen LogP contribution >= 0.6 is 0 Å². The van der Waals surface area contributed by atoms with Gasteiger partial charge in [0.15, 0.2) is 5.69 Å². The summed E-state index contributed by atoms with van der Waals surface area (Å²) in [5.41, 5.74) is -1.52. The number of halogens is 3. The minimum absolute atomic E-state index is 0.0254. The molecule has 0 saturated heterocycles. The first-order chi connectivity index (χ1) is 8.88. The molecule has 19 heavy (non-hydrogen) atoms. The van der Waals surface area contributed by atoms with Gasteiger partial charge in [0.05, 0.1) is 5.56 Å². The van der Waals surface area contributed by atoms with Gasteiger partial charge in [0.25, 0.3) is 5.91 Å². The number of hydrogen-bond donors (Lipinski definition) is 1. The summed E-state index contributed by atoms with van der Waals surface area (Å²) in [5.74, 6) is -0.688. The normalized spacial score (nSPS) is 17.5. The van der Waals surface area contributed by atoms with Crippen LogP contribution in [0.3, 0.4) is 0 Å². The topological polar surface area (TPSA) is 46.9 Å². The Labute approximate surface area is 109 Å². The van der Waals surface area contributed by atoms with Crippen molar-refractivity contribution in [3.63, 3.8) is 0 Å². The van der Waals surface area contributed by atoms with E-state index in [0.717, 1.165) is 43.0 Å². The monoisotopic (exact) mass is 275 g/mol. The largest absolute Gasteiger partial charge is 0.435 e. The van der Waals surface area contributed by atoms with Crippen LogP contribution < -0.4 is 5.32 Å². The standard InChI is InChI=1S/C12H16F3N3O/c1-18-7-9(10(17-18)12(13,14)15)11(19)16-8-5-3-2-4-6-8/h7-8H,2-6H2,1H3,(H,16,19). The Kier molecular flexibility index (Phi) is 3.82. The van der Waals surface area contributed by atoms with Crippen molar-refractivity contribution in [2.45, 2.75) is 44.3 Å². The number of rotatable bonds is 2. The Balaban J connectivity index is 2.14. The second-order valence-corrected chi connectivity index (χ2v) is 4.87. The zero-order valence-electron chi connectivity index (χ0n) is 10.6. The van der Waals surface area contributed by atoms with Crippen LogP contribution in [-0.4, -0.2) is 21.7 Å². The number of aromatic nitrogens is 2. The van der Waals surface area contributed by atoms with Crippen molar-refractivity contribution in [3.05, 3.63) is 17.5 Å². The smallest absolute Gasteiger partial charge is 0.349 e.